The number of ketones is 1. The highest BCUT2D eigenvalue weighted by Gasteiger charge is 2.26. The Morgan fingerprint density at radius 1 is 1.61 bits per heavy atom. The molecular formula is C11H16ClN3O2S. The molecule has 1 atom stereocenters. The van der Waals surface area contributed by atoms with Crippen LogP contribution in [0.3, 0.4) is 0 Å². The molecule has 0 spiro atoms. The molecule has 0 unspecified atom stereocenters. The Morgan fingerprint density at radius 2 is 2.39 bits per heavy atom. The van der Waals surface area contributed by atoms with Crippen LogP contribution in [0.2, 0.25) is 5.15 Å². The minimum atomic E-state index is -0.359. The van der Waals surface area contributed by atoms with Gasteiger partial charge in [0.05, 0.1) is 13.2 Å². The maximum atomic E-state index is 11.6. The summed E-state index contributed by atoms with van der Waals surface area (Å²) < 4.78 is 5.44. The smallest absolute Gasteiger partial charge is 0.163 e. The van der Waals surface area contributed by atoms with Gasteiger partial charge in [0.15, 0.2) is 5.78 Å². The van der Waals surface area contributed by atoms with Gasteiger partial charge in [-0.15, -0.1) is 0 Å². The second-order valence-electron chi connectivity index (χ2n) is 3.82. The molecule has 0 N–H and O–H groups in total. The Labute approximate surface area is 118 Å². The van der Waals surface area contributed by atoms with Crippen molar-refractivity contribution in [2.24, 2.45) is 0 Å². The number of carbonyl (C=O) groups excluding carboxylic acids is 1. The summed E-state index contributed by atoms with van der Waals surface area (Å²) in [5, 5.41) is 0.403. The summed E-state index contributed by atoms with van der Waals surface area (Å²) in [5.41, 5.74) is 0. The SMILES string of the molecule is CCC(=O)[C@@H]1CN(c2cc(Cl)ncn2)CCO1.S. The fourth-order valence-corrected chi connectivity index (χ4v) is 1.92. The van der Waals surface area contributed by atoms with E-state index in [0.29, 0.717) is 31.3 Å². The second kappa shape index (κ2) is 6.92. The topological polar surface area (TPSA) is 55.3 Å². The number of rotatable bonds is 3. The third kappa shape index (κ3) is 3.57. The third-order valence-corrected chi connectivity index (χ3v) is 2.92. The Balaban J connectivity index is 0.00000162. The van der Waals surface area contributed by atoms with Gasteiger partial charge in [-0.3, -0.25) is 4.79 Å². The summed E-state index contributed by atoms with van der Waals surface area (Å²) in [6, 6.07) is 1.69. The molecule has 0 saturated carbocycles. The number of morpholine rings is 1. The van der Waals surface area contributed by atoms with Crippen LogP contribution in [0, 0.1) is 0 Å². The van der Waals surface area contributed by atoms with Crippen LogP contribution in [0.1, 0.15) is 13.3 Å². The molecule has 0 bridgehead atoms. The molecule has 1 saturated heterocycles. The molecule has 1 aliphatic heterocycles. The highest BCUT2D eigenvalue weighted by molar-refractivity contribution is 7.59. The van der Waals surface area contributed by atoms with Crippen molar-refractivity contribution in [3.8, 4) is 0 Å². The zero-order valence-corrected chi connectivity index (χ0v) is 11.9. The lowest BCUT2D eigenvalue weighted by Gasteiger charge is -2.32. The molecule has 2 rings (SSSR count). The van der Waals surface area contributed by atoms with Crippen molar-refractivity contribution >= 4 is 36.7 Å². The quantitative estimate of drug-likeness (QED) is 0.788. The first-order valence-electron chi connectivity index (χ1n) is 5.57. The van der Waals surface area contributed by atoms with Gasteiger partial charge in [-0.2, -0.15) is 13.5 Å². The summed E-state index contributed by atoms with van der Waals surface area (Å²) in [6.07, 6.45) is 1.55. The van der Waals surface area contributed by atoms with E-state index in [1.807, 2.05) is 11.8 Å². The van der Waals surface area contributed by atoms with Crippen LogP contribution in [0.4, 0.5) is 5.82 Å². The zero-order valence-electron chi connectivity index (χ0n) is 10.1. The van der Waals surface area contributed by atoms with E-state index in [0.717, 1.165) is 5.82 Å². The fourth-order valence-electron chi connectivity index (χ4n) is 1.78. The van der Waals surface area contributed by atoms with E-state index in [-0.39, 0.29) is 25.4 Å². The van der Waals surface area contributed by atoms with E-state index in [4.69, 9.17) is 16.3 Å². The van der Waals surface area contributed by atoms with Crippen LogP contribution < -0.4 is 4.90 Å². The van der Waals surface area contributed by atoms with Crippen LogP contribution in [0.15, 0.2) is 12.4 Å². The number of aromatic nitrogens is 2. The monoisotopic (exact) mass is 289 g/mol. The Hall–Kier alpha value is -0.850. The minimum absolute atomic E-state index is 0. The van der Waals surface area contributed by atoms with Crippen molar-refractivity contribution in [2.75, 3.05) is 24.6 Å². The summed E-state index contributed by atoms with van der Waals surface area (Å²) in [7, 11) is 0. The van der Waals surface area contributed by atoms with E-state index in [1.165, 1.54) is 6.33 Å². The van der Waals surface area contributed by atoms with Crippen LogP contribution in [0.5, 0.6) is 0 Å². The van der Waals surface area contributed by atoms with Crippen molar-refractivity contribution in [3.63, 3.8) is 0 Å². The van der Waals surface area contributed by atoms with E-state index >= 15 is 0 Å². The molecule has 1 fully saturated rings. The van der Waals surface area contributed by atoms with Gasteiger partial charge < -0.3 is 9.64 Å². The van der Waals surface area contributed by atoms with Gasteiger partial charge in [0, 0.05) is 19.0 Å². The summed E-state index contributed by atoms with van der Waals surface area (Å²) >= 11 is 5.81. The largest absolute Gasteiger partial charge is 0.367 e. The second-order valence-corrected chi connectivity index (χ2v) is 4.21. The first-order chi connectivity index (χ1) is 8.20. The number of carbonyl (C=O) groups is 1. The number of anilines is 1. The standard InChI is InChI=1S/C11H14ClN3O2.H2S/c1-2-8(16)9-6-15(3-4-17-9)11-5-10(12)13-7-14-11;/h5,7,9H,2-4,6H2,1H3;1H2/t9-;/m0./s1. The molecule has 0 amide bonds. The summed E-state index contributed by atoms with van der Waals surface area (Å²) in [6.45, 7) is 3.60. The van der Waals surface area contributed by atoms with Crippen LogP contribution >= 0.6 is 25.1 Å². The highest BCUT2D eigenvalue weighted by Crippen LogP contribution is 2.18. The third-order valence-electron chi connectivity index (χ3n) is 2.72. The Kier molecular flexibility index (Phi) is 5.84. The maximum Gasteiger partial charge on any atom is 0.163 e. The van der Waals surface area contributed by atoms with Crippen molar-refractivity contribution < 1.29 is 9.53 Å². The number of nitrogens with zero attached hydrogens (tertiary/aromatic N) is 3. The van der Waals surface area contributed by atoms with Crippen molar-refractivity contribution in [3.05, 3.63) is 17.5 Å². The first-order valence-corrected chi connectivity index (χ1v) is 5.95. The van der Waals surface area contributed by atoms with Crippen molar-refractivity contribution in [1.82, 2.24) is 9.97 Å². The van der Waals surface area contributed by atoms with Gasteiger partial charge in [0.1, 0.15) is 23.4 Å². The average Bonchev–Trinajstić information content (AvgIpc) is 2.38. The lowest BCUT2D eigenvalue weighted by molar-refractivity contribution is -0.130. The van der Waals surface area contributed by atoms with Crippen LogP contribution in [-0.4, -0.2) is 41.6 Å². The Morgan fingerprint density at radius 3 is 3.06 bits per heavy atom. The van der Waals surface area contributed by atoms with Gasteiger partial charge in [0.2, 0.25) is 0 Å². The van der Waals surface area contributed by atoms with Gasteiger partial charge in [-0.25, -0.2) is 9.97 Å². The number of ether oxygens (including phenoxy) is 1. The summed E-state index contributed by atoms with van der Waals surface area (Å²) in [5.74, 6) is 0.858. The van der Waals surface area contributed by atoms with Crippen molar-refractivity contribution in [2.45, 2.75) is 19.4 Å². The minimum Gasteiger partial charge on any atom is -0.367 e. The van der Waals surface area contributed by atoms with Crippen LogP contribution in [-0.2, 0) is 9.53 Å². The number of hydrogen-bond acceptors (Lipinski definition) is 5. The molecular weight excluding hydrogens is 274 g/mol. The van der Waals surface area contributed by atoms with Gasteiger partial charge in [-0.05, 0) is 0 Å². The molecule has 0 aliphatic carbocycles. The van der Waals surface area contributed by atoms with Gasteiger partial charge in [0.25, 0.3) is 0 Å². The first kappa shape index (κ1) is 15.2. The molecule has 18 heavy (non-hydrogen) atoms. The summed E-state index contributed by atoms with van der Waals surface area (Å²) in [4.78, 5) is 21.6. The molecule has 0 aromatic carbocycles. The van der Waals surface area contributed by atoms with Crippen LogP contribution in [0.25, 0.3) is 0 Å². The predicted octanol–water partition coefficient (Wildman–Crippen LogP) is 1.43. The lowest BCUT2D eigenvalue weighted by atomic mass is 10.1. The predicted molar refractivity (Wildman–Crippen MR) is 74.7 cm³/mol. The van der Waals surface area contributed by atoms with Gasteiger partial charge >= 0.3 is 0 Å². The highest BCUT2D eigenvalue weighted by atomic mass is 35.5. The maximum absolute atomic E-state index is 11.6. The van der Waals surface area contributed by atoms with Crippen molar-refractivity contribution in [1.29, 1.82) is 0 Å². The fraction of sp³-hybridized carbons (Fsp3) is 0.545. The number of Topliss-reactive ketones (excluding diaryl/α,β-unsaturated/α-hetero) is 1. The molecule has 5 nitrogen and oxygen atoms in total. The Bertz CT molecular complexity index is 419. The molecule has 1 aliphatic rings. The van der Waals surface area contributed by atoms with E-state index in [9.17, 15) is 4.79 Å². The molecule has 2 heterocycles. The molecule has 100 valence electrons. The lowest BCUT2D eigenvalue weighted by Crippen LogP contribution is -2.46. The number of halogens is 1. The van der Waals surface area contributed by atoms with E-state index in [2.05, 4.69) is 9.97 Å². The zero-order chi connectivity index (χ0) is 12.3. The molecule has 0 radical (unpaired) electrons. The number of hydrogen-bond donors (Lipinski definition) is 0. The molecule has 1 aromatic heterocycles. The molecule has 7 heteroatoms. The van der Waals surface area contributed by atoms with E-state index in [1.54, 1.807) is 6.07 Å². The molecule has 1 aromatic rings. The normalized spacial score (nSPS) is 19.2. The average molecular weight is 290 g/mol. The van der Waals surface area contributed by atoms with Gasteiger partial charge in [-0.1, -0.05) is 18.5 Å². The van der Waals surface area contributed by atoms with E-state index < -0.39 is 0 Å².